The van der Waals surface area contributed by atoms with Crippen LogP contribution in [-0.2, 0) is 11.2 Å². The number of pyridine rings is 2. The summed E-state index contributed by atoms with van der Waals surface area (Å²) in [6.07, 6.45) is 3.98. The fourth-order valence-electron chi connectivity index (χ4n) is 1.48. The van der Waals surface area contributed by atoms with Crippen molar-refractivity contribution in [2.45, 2.75) is 12.8 Å². The standard InChI is InChI=1S/C11H10N2O2/c14-10(15)4-3-8-5-7-12-9-2-1-6-13-11(8)9/h1-2,5-7H,3-4H2,(H,14,15). The van der Waals surface area contributed by atoms with E-state index in [0.29, 0.717) is 6.42 Å². The van der Waals surface area contributed by atoms with Gasteiger partial charge in [-0.1, -0.05) is 0 Å². The maximum absolute atomic E-state index is 10.5. The summed E-state index contributed by atoms with van der Waals surface area (Å²) in [4.78, 5) is 18.8. The molecule has 2 aromatic heterocycles. The molecule has 0 amide bonds. The third-order valence-corrected chi connectivity index (χ3v) is 2.19. The second-order valence-corrected chi connectivity index (χ2v) is 3.23. The van der Waals surface area contributed by atoms with Crippen molar-refractivity contribution >= 4 is 17.0 Å². The first-order chi connectivity index (χ1) is 7.27. The molecule has 2 rings (SSSR count). The van der Waals surface area contributed by atoms with Crippen LogP contribution in [0.25, 0.3) is 11.0 Å². The van der Waals surface area contributed by atoms with Crippen LogP contribution < -0.4 is 0 Å². The minimum Gasteiger partial charge on any atom is -0.481 e. The molecule has 0 spiro atoms. The van der Waals surface area contributed by atoms with E-state index in [0.717, 1.165) is 16.6 Å². The summed E-state index contributed by atoms with van der Waals surface area (Å²) in [6, 6.07) is 5.50. The SMILES string of the molecule is O=C(O)CCc1ccnc2cccnc12. The molecule has 0 aliphatic heterocycles. The molecule has 2 aromatic rings. The van der Waals surface area contributed by atoms with Crippen LogP contribution in [0.2, 0.25) is 0 Å². The smallest absolute Gasteiger partial charge is 0.303 e. The molecule has 0 radical (unpaired) electrons. The highest BCUT2D eigenvalue weighted by Crippen LogP contribution is 2.14. The van der Waals surface area contributed by atoms with E-state index in [1.165, 1.54) is 0 Å². The van der Waals surface area contributed by atoms with Crippen molar-refractivity contribution < 1.29 is 9.90 Å². The molecule has 1 N–H and O–H groups in total. The van der Waals surface area contributed by atoms with Crippen molar-refractivity contribution in [3.8, 4) is 0 Å². The Morgan fingerprint density at radius 1 is 1.27 bits per heavy atom. The van der Waals surface area contributed by atoms with E-state index >= 15 is 0 Å². The van der Waals surface area contributed by atoms with Gasteiger partial charge in [0.05, 0.1) is 11.0 Å². The van der Waals surface area contributed by atoms with E-state index in [4.69, 9.17) is 5.11 Å². The minimum atomic E-state index is -0.795. The lowest BCUT2D eigenvalue weighted by molar-refractivity contribution is -0.136. The average molecular weight is 202 g/mol. The molecule has 4 nitrogen and oxygen atoms in total. The Balaban J connectivity index is 2.38. The van der Waals surface area contributed by atoms with Gasteiger partial charge >= 0.3 is 5.97 Å². The van der Waals surface area contributed by atoms with Crippen molar-refractivity contribution in [2.75, 3.05) is 0 Å². The van der Waals surface area contributed by atoms with Crippen molar-refractivity contribution in [1.82, 2.24) is 9.97 Å². The first kappa shape index (κ1) is 9.58. The third-order valence-electron chi connectivity index (χ3n) is 2.19. The van der Waals surface area contributed by atoms with E-state index in [1.54, 1.807) is 12.4 Å². The zero-order valence-electron chi connectivity index (χ0n) is 8.05. The Morgan fingerprint density at radius 3 is 2.93 bits per heavy atom. The van der Waals surface area contributed by atoms with Gasteiger partial charge in [0.2, 0.25) is 0 Å². The number of nitrogens with zero attached hydrogens (tertiary/aromatic N) is 2. The molecule has 0 saturated heterocycles. The summed E-state index contributed by atoms with van der Waals surface area (Å²) in [6.45, 7) is 0. The van der Waals surface area contributed by atoms with E-state index in [1.807, 2.05) is 18.2 Å². The molecule has 0 unspecified atom stereocenters. The molecule has 0 bridgehead atoms. The van der Waals surface area contributed by atoms with Crippen LogP contribution in [0.4, 0.5) is 0 Å². The number of hydrogen-bond donors (Lipinski definition) is 1. The van der Waals surface area contributed by atoms with Gasteiger partial charge in [-0.05, 0) is 30.2 Å². The van der Waals surface area contributed by atoms with Gasteiger partial charge in [0, 0.05) is 18.8 Å². The Morgan fingerprint density at radius 2 is 2.13 bits per heavy atom. The molecule has 0 aliphatic carbocycles. The number of rotatable bonds is 3. The molecule has 0 fully saturated rings. The second-order valence-electron chi connectivity index (χ2n) is 3.23. The van der Waals surface area contributed by atoms with Crippen molar-refractivity contribution in [1.29, 1.82) is 0 Å². The molecule has 15 heavy (non-hydrogen) atoms. The molecule has 0 atom stereocenters. The number of hydrogen-bond acceptors (Lipinski definition) is 3. The highest BCUT2D eigenvalue weighted by Gasteiger charge is 2.04. The molecule has 4 heteroatoms. The van der Waals surface area contributed by atoms with Crippen LogP contribution in [-0.4, -0.2) is 21.0 Å². The lowest BCUT2D eigenvalue weighted by Gasteiger charge is -2.02. The Kier molecular flexibility index (Phi) is 2.58. The van der Waals surface area contributed by atoms with E-state index < -0.39 is 5.97 Å². The third kappa shape index (κ3) is 2.10. The summed E-state index contributed by atoms with van der Waals surface area (Å²) in [5.74, 6) is -0.795. The average Bonchev–Trinajstić information content (AvgIpc) is 2.26. The van der Waals surface area contributed by atoms with Crippen molar-refractivity contribution in [2.24, 2.45) is 0 Å². The van der Waals surface area contributed by atoms with Crippen molar-refractivity contribution in [3.05, 3.63) is 36.2 Å². The molecule has 0 aliphatic rings. The van der Waals surface area contributed by atoms with Crippen LogP contribution in [0.15, 0.2) is 30.6 Å². The van der Waals surface area contributed by atoms with Crippen LogP contribution in [0.5, 0.6) is 0 Å². The summed E-state index contributed by atoms with van der Waals surface area (Å²) in [5.41, 5.74) is 2.53. The Bertz CT molecular complexity index is 491. The lowest BCUT2D eigenvalue weighted by Crippen LogP contribution is -1.99. The maximum atomic E-state index is 10.5. The van der Waals surface area contributed by atoms with Gasteiger partial charge in [0.25, 0.3) is 0 Å². The largest absolute Gasteiger partial charge is 0.481 e. The first-order valence-electron chi connectivity index (χ1n) is 4.68. The molecule has 2 heterocycles. The quantitative estimate of drug-likeness (QED) is 0.821. The van der Waals surface area contributed by atoms with Gasteiger partial charge in [0.1, 0.15) is 0 Å². The number of aryl methyl sites for hydroxylation is 1. The predicted molar refractivity (Wildman–Crippen MR) is 55.5 cm³/mol. The molecule has 76 valence electrons. The van der Waals surface area contributed by atoms with E-state index in [2.05, 4.69) is 9.97 Å². The fraction of sp³-hybridized carbons (Fsp3) is 0.182. The van der Waals surface area contributed by atoms with Crippen LogP contribution in [0.3, 0.4) is 0 Å². The van der Waals surface area contributed by atoms with Gasteiger partial charge in [0.15, 0.2) is 0 Å². The molecule has 0 aromatic carbocycles. The number of carbonyl (C=O) groups is 1. The van der Waals surface area contributed by atoms with E-state index in [-0.39, 0.29) is 6.42 Å². The summed E-state index contributed by atoms with van der Waals surface area (Å²) in [5, 5.41) is 8.61. The topological polar surface area (TPSA) is 63.1 Å². The number of aromatic nitrogens is 2. The predicted octanol–water partition coefficient (Wildman–Crippen LogP) is 1.65. The summed E-state index contributed by atoms with van der Waals surface area (Å²) >= 11 is 0. The van der Waals surface area contributed by atoms with Gasteiger partial charge in [-0.3, -0.25) is 14.8 Å². The number of fused-ring (bicyclic) bond motifs is 1. The summed E-state index contributed by atoms with van der Waals surface area (Å²) < 4.78 is 0. The highest BCUT2D eigenvalue weighted by atomic mass is 16.4. The van der Waals surface area contributed by atoms with E-state index in [9.17, 15) is 4.79 Å². The Hall–Kier alpha value is -1.97. The Labute approximate surface area is 86.6 Å². The number of carboxylic acid groups (broad SMARTS) is 1. The number of carboxylic acids is 1. The van der Waals surface area contributed by atoms with Gasteiger partial charge < -0.3 is 5.11 Å². The van der Waals surface area contributed by atoms with Crippen LogP contribution >= 0.6 is 0 Å². The monoisotopic (exact) mass is 202 g/mol. The number of aliphatic carboxylic acids is 1. The van der Waals surface area contributed by atoms with Crippen LogP contribution in [0.1, 0.15) is 12.0 Å². The zero-order chi connectivity index (χ0) is 10.7. The minimum absolute atomic E-state index is 0.121. The lowest BCUT2D eigenvalue weighted by atomic mass is 10.1. The van der Waals surface area contributed by atoms with Crippen LogP contribution in [0, 0.1) is 0 Å². The van der Waals surface area contributed by atoms with Gasteiger partial charge in [-0.2, -0.15) is 0 Å². The zero-order valence-corrected chi connectivity index (χ0v) is 8.05. The molecule has 0 saturated carbocycles. The van der Waals surface area contributed by atoms with Gasteiger partial charge in [-0.25, -0.2) is 0 Å². The van der Waals surface area contributed by atoms with Crippen molar-refractivity contribution in [3.63, 3.8) is 0 Å². The van der Waals surface area contributed by atoms with Gasteiger partial charge in [-0.15, -0.1) is 0 Å². The second kappa shape index (κ2) is 4.04. The normalized spacial score (nSPS) is 10.4. The highest BCUT2D eigenvalue weighted by molar-refractivity contribution is 5.78. The molecular weight excluding hydrogens is 192 g/mol. The summed E-state index contributed by atoms with van der Waals surface area (Å²) in [7, 11) is 0. The fourth-order valence-corrected chi connectivity index (χ4v) is 1.48. The molecular formula is C11H10N2O2. The maximum Gasteiger partial charge on any atom is 0.303 e. The first-order valence-corrected chi connectivity index (χ1v) is 4.68.